The first-order valence-corrected chi connectivity index (χ1v) is 8.42. The van der Waals surface area contributed by atoms with Crippen LogP contribution in [-0.2, 0) is 9.84 Å². The third-order valence-electron chi connectivity index (χ3n) is 3.32. The first-order chi connectivity index (χ1) is 8.59. The molecule has 0 radical (unpaired) electrons. The smallest absolute Gasteiger partial charge is 0.180 e. The van der Waals surface area contributed by atoms with Gasteiger partial charge in [0.2, 0.25) is 0 Å². The van der Waals surface area contributed by atoms with E-state index < -0.39 is 9.84 Å². The van der Waals surface area contributed by atoms with Crippen molar-refractivity contribution in [2.75, 3.05) is 0 Å². The van der Waals surface area contributed by atoms with Crippen LogP contribution in [0, 0.1) is 0 Å². The van der Waals surface area contributed by atoms with E-state index in [1.807, 2.05) is 13.0 Å². The monoisotopic (exact) mass is 268 g/mol. The van der Waals surface area contributed by atoms with Crippen molar-refractivity contribution in [3.05, 3.63) is 30.3 Å². The van der Waals surface area contributed by atoms with Crippen molar-refractivity contribution >= 4 is 9.84 Å². The standard InChI is InChI=1S/C15H24O2S/c1-3-4-5-6-8-11-14(2)18(16,17)15-12-9-7-10-13-15/h7,9-10,12-14H,3-6,8,11H2,1-2H3. The van der Waals surface area contributed by atoms with Crippen molar-refractivity contribution in [1.29, 1.82) is 0 Å². The molecule has 0 heterocycles. The first-order valence-electron chi connectivity index (χ1n) is 6.88. The topological polar surface area (TPSA) is 34.1 Å². The molecule has 0 saturated carbocycles. The summed E-state index contributed by atoms with van der Waals surface area (Å²) in [4.78, 5) is 0.450. The summed E-state index contributed by atoms with van der Waals surface area (Å²) in [5.74, 6) is 0. The highest BCUT2D eigenvalue weighted by Crippen LogP contribution is 2.20. The highest BCUT2D eigenvalue weighted by atomic mass is 32.2. The van der Waals surface area contributed by atoms with Crippen molar-refractivity contribution < 1.29 is 8.42 Å². The molecule has 0 aliphatic rings. The maximum atomic E-state index is 12.3. The van der Waals surface area contributed by atoms with Gasteiger partial charge in [0.1, 0.15) is 0 Å². The summed E-state index contributed by atoms with van der Waals surface area (Å²) in [7, 11) is -3.13. The quantitative estimate of drug-likeness (QED) is 0.662. The fourth-order valence-corrected chi connectivity index (χ4v) is 3.51. The van der Waals surface area contributed by atoms with Crippen LogP contribution in [0.15, 0.2) is 35.2 Å². The summed E-state index contributed by atoms with van der Waals surface area (Å²) < 4.78 is 24.5. The average molecular weight is 268 g/mol. The number of rotatable bonds is 8. The molecule has 2 nitrogen and oxygen atoms in total. The Kier molecular flexibility index (Phi) is 6.41. The number of unbranched alkanes of at least 4 members (excludes halogenated alkanes) is 4. The van der Waals surface area contributed by atoms with Gasteiger partial charge >= 0.3 is 0 Å². The number of hydrogen-bond donors (Lipinski definition) is 0. The molecular formula is C15H24O2S. The first kappa shape index (κ1) is 15.2. The van der Waals surface area contributed by atoms with Gasteiger partial charge in [-0.1, -0.05) is 57.2 Å². The van der Waals surface area contributed by atoms with Crippen LogP contribution in [0.2, 0.25) is 0 Å². The predicted molar refractivity (Wildman–Crippen MR) is 76.5 cm³/mol. The Morgan fingerprint density at radius 3 is 2.22 bits per heavy atom. The minimum atomic E-state index is -3.13. The fourth-order valence-electron chi connectivity index (χ4n) is 2.03. The second-order valence-corrected chi connectivity index (χ2v) is 7.24. The van der Waals surface area contributed by atoms with Gasteiger partial charge in [0.15, 0.2) is 9.84 Å². The van der Waals surface area contributed by atoms with Gasteiger partial charge in [-0.15, -0.1) is 0 Å². The lowest BCUT2D eigenvalue weighted by Crippen LogP contribution is -2.17. The second kappa shape index (κ2) is 7.57. The Hall–Kier alpha value is -0.830. The van der Waals surface area contributed by atoms with E-state index in [1.165, 1.54) is 19.3 Å². The van der Waals surface area contributed by atoms with Crippen molar-refractivity contribution in [3.8, 4) is 0 Å². The summed E-state index contributed by atoms with van der Waals surface area (Å²) in [6.45, 7) is 4.00. The summed E-state index contributed by atoms with van der Waals surface area (Å²) in [6, 6.07) is 8.77. The zero-order chi connectivity index (χ0) is 13.4. The minimum absolute atomic E-state index is 0.276. The molecular weight excluding hydrogens is 244 g/mol. The molecule has 1 unspecified atom stereocenters. The van der Waals surface area contributed by atoms with E-state index >= 15 is 0 Å². The summed E-state index contributed by atoms with van der Waals surface area (Å²) >= 11 is 0. The molecule has 0 amide bonds. The lowest BCUT2D eigenvalue weighted by Gasteiger charge is -2.12. The fraction of sp³-hybridized carbons (Fsp3) is 0.600. The largest absolute Gasteiger partial charge is 0.223 e. The molecule has 0 aliphatic carbocycles. The van der Waals surface area contributed by atoms with Crippen LogP contribution in [0.5, 0.6) is 0 Å². The van der Waals surface area contributed by atoms with Crippen molar-refractivity contribution in [3.63, 3.8) is 0 Å². The molecule has 1 aromatic rings. The third kappa shape index (κ3) is 4.45. The Balaban J connectivity index is 2.48. The van der Waals surface area contributed by atoms with Crippen LogP contribution in [0.25, 0.3) is 0 Å². The van der Waals surface area contributed by atoms with Gasteiger partial charge in [-0.3, -0.25) is 0 Å². The zero-order valence-electron chi connectivity index (χ0n) is 11.4. The maximum absolute atomic E-state index is 12.3. The van der Waals surface area contributed by atoms with E-state index in [0.717, 1.165) is 19.3 Å². The van der Waals surface area contributed by atoms with E-state index in [0.29, 0.717) is 4.90 Å². The van der Waals surface area contributed by atoms with Crippen LogP contribution in [0.4, 0.5) is 0 Å². The average Bonchev–Trinajstić information content (AvgIpc) is 2.39. The molecule has 1 rings (SSSR count). The van der Waals surface area contributed by atoms with Gasteiger partial charge < -0.3 is 0 Å². The molecule has 1 atom stereocenters. The van der Waals surface area contributed by atoms with E-state index in [-0.39, 0.29) is 5.25 Å². The van der Waals surface area contributed by atoms with Crippen LogP contribution in [-0.4, -0.2) is 13.7 Å². The molecule has 0 bridgehead atoms. The number of hydrogen-bond acceptors (Lipinski definition) is 2. The molecule has 0 fully saturated rings. The highest BCUT2D eigenvalue weighted by molar-refractivity contribution is 7.92. The van der Waals surface area contributed by atoms with Crippen LogP contribution >= 0.6 is 0 Å². The van der Waals surface area contributed by atoms with Crippen LogP contribution in [0.1, 0.15) is 52.4 Å². The Labute approximate surface area is 111 Å². The number of benzene rings is 1. The van der Waals surface area contributed by atoms with Gasteiger partial charge in [0, 0.05) is 0 Å². The molecule has 3 heteroatoms. The van der Waals surface area contributed by atoms with Crippen LogP contribution < -0.4 is 0 Å². The molecule has 102 valence electrons. The van der Waals surface area contributed by atoms with Crippen LogP contribution in [0.3, 0.4) is 0 Å². The van der Waals surface area contributed by atoms with Crippen molar-refractivity contribution in [1.82, 2.24) is 0 Å². The van der Waals surface area contributed by atoms with E-state index in [4.69, 9.17) is 0 Å². The molecule has 0 saturated heterocycles. The Bertz CT molecular complexity index is 423. The van der Waals surface area contributed by atoms with Gasteiger partial charge in [0.05, 0.1) is 10.1 Å². The Morgan fingerprint density at radius 2 is 1.61 bits per heavy atom. The third-order valence-corrected chi connectivity index (χ3v) is 5.54. The zero-order valence-corrected chi connectivity index (χ0v) is 12.2. The van der Waals surface area contributed by atoms with Gasteiger partial charge in [-0.05, 0) is 25.5 Å². The highest BCUT2D eigenvalue weighted by Gasteiger charge is 2.22. The van der Waals surface area contributed by atoms with E-state index in [1.54, 1.807) is 24.3 Å². The normalized spacial score (nSPS) is 13.4. The predicted octanol–water partition coefficient (Wildman–Crippen LogP) is 4.21. The van der Waals surface area contributed by atoms with Crippen molar-refractivity contribution in [2.45, 2.75) is 62.5 Å². The van der Waals surface area contributed by atoms with E-state index in [2.05, 4.69) is 6.92 Å². The van der Waals surface area contributed by atoms with Gasteiger partial charge in [0.25, 0.3) is 0 Å². The SMILES string of the molecule is CCCCCCCC(C)S(=O)(=O)c1ccccc1. The molecule has 0 spiro atoms. The molecule has 0 aromatic heterocycles. The van der Waals surface area contributed by atoms with E-state index in [9.17, 15) is 8.42 Å². The van der Waals surface area contributed by atoms with Gasteiger partial charge in [-0.2, -0.15) is 0 Å². The maximum Gasteiger partial charge on any atom is 0.180 e. The molecule has 0 N–H and O–H groups in total. The minimum Gasteiger partial charge on any atom is -0.223 e. The summed E-state index contributed by atoms with van der Waals surface area (Å²) in [5.41, 5.74) is 0. The summed E-state index contributed by atoms with van der Waals surface area (Å²) in [5, 5.41) is -0.276. The lowest BCUT2D eigenvalue weighted by molar-refractivity contribution is 0.559. The summed E-state index contributed by atoms with van der Waals surface area (Å²) in [6.07, 6.45) is 6.60. The number of sulfone groups is 1. The molecule has 1 aromatic carbocycles. The van der Waals surface area contributed by atoms with Crippen molar-refractivity contribution in [2.24, 2.45) is 0 Å². The molecule has 18 heavy (non-hydrogen) atoms. The Morgan fingerprint density at radius 1 is 1.00 bits per heavy atom. The molecule has 0 aliphatic heterocycles. The second-order valence-electron chi connectivity index (χ2n) is 4.87. The van der Waals surface area contributed by atoms with Gasteiger partial charge in [-0.25, -0.2) is 8.42 Å². The lowest BCUT2D eigenvalue weighted by atomic mass is 10.1.